The van der Waals surface area contributed by atoms with Crippen LogP contribution < -0.4 is 15.8 Å². The Morgan fingerprint density at radius 3 is 2.30 bits per heavy atom. The van der Waals surface area contributed by atoms with Gasteiger partial charge < -0.3 is 20.7 Å². The third-order valence-electron chi connectivity index (χ3n) is 6.36. The molecule has 0 unspecified atom stereocenters. The summed E-state index contributed by atoms with van der Waals surface area (Å²) in [6.45, 7) is 9.92. The molecule has 0 aromatic heterocycles. The molecule has 1 heterocycles. The lowest BCUT2D eigenvalue weighted by atomic mass is 10.0. The van der Waals surface area contributed by atoms with Gasteiger partial charge in [-0.1, -0.05) is 17.7 Å². The van der Waals surface area contributed by atoms with Crippen molar-refractivity contribution in [3.05, 3.63) is 52.6 Å². The van der Waals surface area contributed by atoms with Gasteiger partial charge in [-0.25, -0.2) is 0 Å². The van der Waals surface area contributed by atoms with Gasteiger partial charge in [0.2, 0.25) is 5.91 Å². The molecule has 1 fully saturated rings. The quantitative estimate of drug-likeness (QED) is 0.629. The van der Waals surface area contributed by atoms with Crippen LogP contribution in [0.2, 0.25) is 0 Å². The Balaban J connectivity index is 1.45. The maximum Gasteiger partial charge on any atom is 0.260 e. The topological polar surface area (TPSA) is 87.9 Å². The summed E-state index contributed by atoms with van der Waals surface area (Å²) in [6, 6.07) is 9.70. The fourth-order valence-electron chi connectivity index (χ4n) is 4.50. The van der Waals surface area contributed by atoms with Crippen molar-refractivity contribution in [2.75, 3.05) is 44.3 Å². The normalized spacial score (nSPS) is 14.7. The van der Waals surface area contributed by atoms with Gasteiger partial charge in [0.05, 0.1) is 6.54 Å². The molecule has 0 aliphatic carbocycles. The highest BCUT2D eigenvalue weighted by Crippen LogP contribution is 2.23. The number of likely N-dealkylation sites (tertiary alicyclic amines) is 1. The van der Waals surface area contributed by atoms with E-state index in [9.17, 15) is 9.59 Å². The van der Waals surface area contributed by atoms with E-state index >= 15 is 0 Å². The fraction of sp³-hybridized carbons (Fsp3) is 0.462. The van der Waals surface area contributed by atoms with Gasteiger partial charge in [-0.2, -0.15) is 0 Å². The smallest absolute Gasteiger partial charge is 0.260 e. The summed E-state index contributed by atoms with van der Waals surface area (Å²) in [5.74, 6) is 0.624. The van der Waals surface area contributed by atoms with E-state index in [1.54, 1.807) is 17.0 Å². The Hall–Kier alpha value is -3.06. The van der Waals surface area contributed by atoms with Crippen molar-refractivity contribution >= 4 is 23.2 Å². The van der Waals surface area contributed by atoms with Crippen molar-refractivity contribution in [1.82, 2.24) is 9.80 Å². The van der Waals surface area contributed by atoms with Crippen LogP contribution in [0.4, 0.5) is 11.4 Å². The first-order valence-electron chi connectivity index (χ1n) is 11.5. The summed E-state index contributed by atoms with van der Waals surface area (Å²) in [5, 5.41) is 3.08. The Morgan fingerprint density at radius 2 is 1.70 bits per heavy atom. The number of hydrogen-bond acceptors (Lipinski definition) is 5. The van der Waals surface area contributed by atoms with Crippen molar-refractivity contribution in [2.45, 2.75) is 46.6 Å². The molecule has 0 saturated carbocycles. The molecule has 0 radical (unpaired) electrons. The van der Waals surface area contributed by atoms with Crippen molar-refractivity contribution in [2.24, 2.45) is 0 Å². The number of nitrogens with two attached hydrogens (primary N) is 1. The molecule has 0 spiro atoms. The number of rotatable bonds is 7. The van der Waals surface area contributed by atoms with E-state index in [0.29, 0.717) is 18.0 Å². The molecule has 3 N–H and O–H groups in total. The van der Waals surface area contributed by atoms with Crippen LogP contribution in [-0.4, -0.2) is 60.9 Å². The third-order valence-corrected chi connectivity index (χ3v) is 6.36. The predicted octanol–water partition coefficient (Wildman–Crippen LogP) is 3.44. The van der Waals surface area contributed by atoms with Gasteiger partial charge in [-0.15, -0.1) is 0 Å². The lowest BCUT2D eigenvalue weighted by molar-refractivity contribution is -0.135. The zero-order valence-electron chi connectivity index (χ0n) is 20.4. The molecule has 1 saturated heterocycles. The second-order valence-electron chi connectivity index (χ2n) is 9.15. The van der Waals surface area contributed by atoms with E-state index in [0.717, 1.165) is 48.3 Å². The van der Waals surface area contributed by atoms with Gasteiger partial charge in [0, 0.05) is 37.6 Å². The monoisotopic (exact) mass is 452 g/mol. The van der Waals surface area contributed by atoms with E-state index < -0.39 is 0 Å². The maximum absolute atomic E-state index is 12.6. The first kappa shape index (κ1) is 24.6. The van der Waals surface area contributed by atoms with Crippen LogP contribution in [0.5, 0.6) is 5.75 Å². The number of benzene rings is 2. The molecule has 2 amide bonds. The highest BCUT2D eigenvalue weighted by Gasteiger charge is 2.26. The van der Waals surface area contributed by atoms with E-state index in [4.69, 9.17) is 10.5 Å². The van der Waals surface area contributed by atoms with Crippen LogP contribution >= 0.6 is 0 Å². The number of aryl methyl sites for hydroxylation is 4. The number of nitrogen functional groups attached to an aromatic ring is 1. The van der Waals surface area contributed by atoms with Crippen molar-refractivity contribution in [3.63, 3.8) is 0 Å². The van der Waals surface area contributed by atoms with E-state index in [1.807, 2.05) is 33.9 Å². The lowest BCUT2D eigenvalue weighted by Crippen LogP contribution is -2.48. The molecule has 2 aromatic carbocycles. The molecule has 7 heteroatoms. The minimum Gasteiger partial charge on any atom is -0.483 e. The largest absolute Gasteiger partial charge is 0.483 e. The summed E-state index contributed by atoms with van der Waals surface area (Å²) in [5.41, 5.74) is 11.6. The maximum atomic E-state index is 12.6. The number of hydrogen-bond donors (Lipinski definition) is 2. The Bertz CT molecular complexity index is 990. The number of carbonyl (C=O) groups excluding carboxylic acids is 2. The first-order chi connectivity index (χ1) is 15.6. The summed E-state index contributed by atoms with van der Waals surface area (Å²) >= 11 is 0. The molecule has 2 aromatic rings. The van der Waals surface area contributed by atoms with E-state index in [1.165, 1.54) is 5.56 Å². The highest BCUT2D eigenvalue weighted by molar-refractivity contribution is 5.93. The number of likely N-dealkylation sites (N-methyl/N-ethyl adjacent to an activating group) is 1. The number of ether oxygens (including phenoxy) is 1. The van der Waals surface area contributed by atoms with Gasteiger partial charge in [0.15, 0.2) is 6.61 Å². The van der Waals surface area contributed by atoms with Crippen molar-refractivity contribution in [3.8, 4) is 5.75 Å². The second-order valence-corrected chi connectivity index (χ2v) is 9.15. The standard InChI is InChI=1S/C26H36N4O3/c1-17-12-19(3)26(20(4)13-17)28-24(31)15-30-10-8-22(9-11-30)29(5)25(32)16-33-23-7-6-21(27)14-18(23)2/h6-7,12-14,22H,8-11,15-16,27H2,1-5H3,(H,28,31). The molecule has 0 atom stereocenters. The Kier molecular flexibility index (Phi) is 7.97. The molecule has 178 valence electrons. The fourth-order valence-corrected chi connectivity index (χ4v) is 4.50. The zero-order chi connectivity index (χ0) is 24.1. The molecule has 33 heavy (non-hydrogen) atoms. The second kappa shape index (κ2) is 10.7. The molecule has 1 aliphatic heterocycles. The molecule has 3 rings (SSSR count). The first-order valence-corrected chi connectivity index (χ1v) is 11.5. The SMILES string of the molecule is Cc1cc(C)c(NC(=O)CN2CCC(N(C)C(=O)COc3ccc(N)cc3C)CC2)c(C)c1. The highest BCUT2D eigenvalue weighted by atomic mass is 16.5. The van der Waals surface area contributed by atoms with E-state index in [2.05, 4.69) is 29.3 Å². The van der Waals surface area contributed by atoms with Crippen LogP contribution in [0.15, 0.2) is 30.3 Å². The Morgan fingerprint density at radius 1 is 1.06 bits per heavy atom. The number of nitrogens with one attached hydrogen (secondary N) is 1. The minimum atomic E-state index is -0.0484. The average Bonchev–Trinajstić information content (AvgIpc) is 2.75. The molecule has 1 aliphatic rings. The zero-order valence-corrected chi connectivity index (χ0v) is 20.4. The molecular weight excluding hydrogens is 416 g/mol. The summed E-state index contributed by atoms with van der Waals surface area (Å²) in [4.78, 5) is 29.2. The van der Waals surface area contributed by atoms with Crippen LogP contribution in [0, 0.1) is 27.7 Å². The number of nitrogens with zero attached hydrogens (tertiary/aromatic N) is 2. The van der Waals surface area contributed by atoms with Crippen molar-refractivity contribution < 1.29 is 14.3 Å². The number of carbonyl (C=O) groups is 2. The molecule has 0 bridgehead atoms. The van der Waals surface area contributed by atoms with Crippen molar-refractivity contribution in [1.29, 1.82) is 0 Å². The van der Waals surface area contributed by atoms with Gasteiger partial charge in [0.1, 0.15) is 5.75 Å². The average molecular weight is 453 g/mol. The van der Waals surface area contributed by atoms with Crippen LogP contribution in [0.25, 0.3) is 0 Å². The summed E-state index contributed by atoms with van der Waals surface area (Å²) < 4.78 is 5.71. The Labute approximate surface area is 196 Å². The predicted molar refractivity (Wildman–Crippen MR) is 133 cm³/mol. The van der Waals surface area contributed by atoms with E-state index in [-0.39, 0.29) is 24.5 Å². The summed E-state index contributed by atoms with van der Waals surface area (Å²) in [7, 11) is 1.83. The minimum absolute atomic E-state index is 0.000187. The van der Waals surface area contributed by atoms with Gasteiger partial charge in [0.25, 0.3) is 5.91 Å². The van der Waals surface area contributed by atoms with Gasteiger partial charge in [-0.05, 0) is 75.4 Å². The number of piperidine rings is 1. The lowest BCUT2D eigenvalue weighted by Gasteiger charge is -2.36. The summed E-state index contributed by atoms with van der Waals surface area (Å²) in [6.07, 6.45) is 1.66. The number of amides is 2. The van der Waals surface area contributed by atoms with Crippen LogP contribution in [-0.2, 0) is 9.59 Å². The molecular formula is C26H36N4O3. The van der Waals surface area contributed by atoms with Gasteiger partial charge in [-0.3, -0.25) is 14.5 Å². The van der Waals surface area contributed by atoms with Crippen LogP contribution in [0.1, 0.15) is 35.1 Å². The van der Waals surface area contributed by atoms with Gasteiger partial charge >= 0.3 is 0 Å². The third kappa shape index (κ3) is 6.48. The van der Waals surface area contributed by atoms with Crippen LogP contribution in [0.3, 0.4) is 0 Å². The molecule has 7 nitrogen and oxygen atoms in total. The number of anilines is 2.